The van der Waals surface area contributed by atoms with E-state index in [-0.39, 0.29) is 22.4 Å². The van der Waals surface area contributed by atoms with Crippen molar-refractivity contribution in [3.63, 3.8) is 0 Å². The summed E-state index contributed by atoms with van der Waals surface area (Å²) in [6.45, 7) is 1.90. The Morgan fingerprint density at radius 1 is 1.33 bits per heavy atom. The summed E-state index contributed by atoms with van der Waals surface area (Å²) in [5.41, 5.74) is 1.30. The Kier molecular flexibility index (Phi) is 4.81. The van der Waals surface area contributed by atoms with Crippen LogP contribution in [0.4, 0.5) is 10.1 Å². The Balaban J connectivity index is 2.09. The fraction of sp³-hybridized carbons (Fsp3) is 0.188. The van der Waals surface area contributed by atoms with Gasteiger partial charge in [0, 0.05) is 11.7 Å². The van der Waals surface area contributed by atoms with Gasteiger partial charge in [-0.25, -0.2) is 9.18 Å². The molecule has 0 aliphatic rings. The minimum atomic E-state index is -1.08. The van der Waals surface area contributed by atoms with Gasteiger partial charge in [0.1, 0.15) is 5.82 Å². The lowest BCUT2D eigenvalue weighted by atomic mass is 10.1. The van der Waals surface area contributed by atoms with Gasteiger partial charge in [-0.05, 0) is 43.2 Å². The molecule has 0 saturated heterocycles. The first-order valence-corrected chi connectivity index (χ1v) is 6.88. The van der Waals surface area contributed by atoms with Crippen LogP contribution in [0.2, 0.25) is 5.02 Å². The zero-order valence-electron chi connectivity index (χ0n) is 11.4. The number of carbonyl (C=O) groups is 1. The van der Waals surface area contributed by atoms with Crippen molar-refractivity contribution in [2.75, 3.05) is 5.32 Å². The SMILES string of the molecule is CC(Cc1ccccc1F)Nc1ccc(Cl)c(C(=O)O)c1. The van der Waals surface area contributed by atoms with Crippen molar-refractivity contribution >= 4 is 23.3 Å². The highest BCUT2D eigenvalue weighted by molar-refractivity contribution is 6.33. The van der Waals surface area contributed by atoms with E-state index in [1.54, 1.807) is 24.3 Å². The van der Waals surface area contributed by atoms with Gasteiger partial charge in [0.05, 0.1) is 10.6 Å². The van der Waals surface area contributed by atoms with E-state index in [1.807, 2.05) is 6.92 Å². The van der Waals surface area contributed by atoms with Crippen LogP contribution in [-0.4, -0.2) is 17.1 Å². The molecule has 0 saturated carbocycles. The summed E-state index contributed by atoms with van der Waals surface area (Å²) in [5.74, 6) is -1.32. The Hall–Kier alpha value is -2.07. The van der Waals surface area contributed by atoms with Crippen LogP contribution in [0.3, 0.4) is 0 Å². The molecule has 1 atom stereocenters. The van der Waals surface area contributed by atoms with Gasteiger partial charge in [-0.3, -0.25) is 0 Å². The van der Waals surface area contributed by atoms with Crippen LogP contribution in [0, 0.1) is 5.82 Å². The van der Waals surface area contributed by atoms with Crippen LogP contribution >= 0.6 is 11.6 Å². The number of carboxylic acid groups (broad SMARTS) is 1. The van der Waals surface area contributed by atoms with E-state index in [0.717, 1.165) is 0 Å². The first-order valence-electron chi connectivity index (χ1n) is 6.50. The van der Waals surface area contributed by atoms with E-state index in [9.17, 15) is 9.18 Å². The molecule has 0 amide bonds. The predicted molar refractivity (Wildman–Crippen MR) is 81.6 cm³/mol. The highest BCUT2D eigenvalue weighted by Gasteiger charge is 2.11. The van der Waals surface area contributed by atoms with Crippen LogP contribution in [0.15, 0.2) is 42.5 Å². The molecule has 2 rings (SSSR count). The first kappa shape index (κ1) is 15.3. The standard InChI is InChI=1S/C16H15ClFNO2/c1-10(8-11-4-2-3-5-15(11)18)19-12-6-7-14(17)13(9-12)16(20)21/h2-7,9-10,19H,8H2,1H3,(H,20,21). The summed E-state index contributed by atoms with van der Waals surface area (Å²) in [6.07, 6.45) is 0.498. The molecule has 1 unspecified atom stereocenters. The third kappa shape index (κ3) is 3.95. The lowest BCUT2D eigenvalue weighted by Gasteiger charge is -2.16. The maximum atomic E-state index is 13.6. The van der Waals surface area contributed by atoms with Gasteiger partial charge >= 0.3 is 5.97 Å². The predicted octanol–water partition coefficient (Wildman–Crippen LogP) is 4.22. The minimum absolute atomic E-state index is 0.0414. The van der Waals surface area contributed by atoms with E-state index in [2.05, 4.69) is 5.32 Å². The molecule has 21 heavy (non-hydrogen) atoms. The smallest absolute Gasteiger partial charge is 0.337 e. The van der Waals surface area contributed by atoms with Gasteiger partial charge in [-0.15, -0.1) is 0 Å². The molecular formula is C16H15ClFNO2. The number of hydrogen-bond acceptors (Lipinski definition) is 2. The van der Waals surface area contributed by atoms with Gasteiger partial charge < -0.3 is 10.4 Å². The number of nitrogens with one attached hydrogen (secondary N) is 1. The highest BCUT2D eigenvalue weighted by atomic mass is 35.5. The molecule has 0 spiro atoms. The number of anilines is 1. The van der Waals surface area contributed by atoms with Gasteiger partial charge in [0.25, 0.3) is 0 Å². The number of carboxylic acids is 1. The monoisotopic (exact) mass is 307 g/mol. The zero-order valence-corrected chi connectivity index (χ0v) is 12.2. The van der Waals surface area contributed by atoms with Crippen LogP contribution in [-0.2, 0) is 6.42 Å². The first-order chi connectivity index (χ1) is 9.97. The maximum Gasteiger partial charge on any atom is 0.337 e. The van der Waals surface area contributed by atoms with Crippen molar-refractivity contribution in [2.24, 2.45) is 0 Å². The summed E-state index contributed by atoms with van der Waals surface area (Å²) in [6, 6.07) is 11.2. The average Bonchev–Trinajstić information content (AvgIpc) is 2.43. The third-order valence-electron chi connectivity index (χ3n) is 3.09. The molecule has 2 aromatic rings. The van der Waals surface area contributed by atoms with Crippen LogP contribution in [0.5, 0.6) is 0 Å². The second-order valence-electron chi connectivity index (χ2n) is 4.84. The summed E-state index contributed by atoms with van der Waals surface area (Å²) < 4.78 is 13.6. The highest BCUT2D eigenvalue weighted by Crippen LogP contribution is 2.21. The van der Waals surface area contributed by atoms with Crippen molar-refractivity contribution in [1.29, 1.82) is 0 Å². The number of rotatable bonds is 5. The number of benzene rings is 2. The quantitative estimate of drug-likeness (QED) is 0.869. The van der Waals surface area contributed by atoms with Crippen molar-refractivity contribution in [1.82, 2.24) is 0 Å². The van der Waals surface area contributed by atoms with Crippen LogP contribution < -0.4 is 5.32 Å². The molecule has 0 fully saturated rings. The molecule has 0 radical (unpaired) electrons. The second kappa shape index (κ2) is 6.59. The largest absolute Gasteiger partial charge is 0.478 e. The molecule has 2 N–H and O–H groups in total. The van der Waals surface area contributed by atoms with Crippen molar-refractivity contribution in [3.05, 3.63) is 64.4 Å². The molecule has 5 heteroatoms. The van der Waals surface area contributed by atoms with Gasteiger partial charge in [0.2, 0.25) is 0 Å². The van der Waals surface area contributed by atoms with Crippen LogP contribution in [0.25, 0.3) is 0 Å². The Labute approximate surface area is 127 Å². The normalized spacial score (nSPS) is 12.0. The number of hydrogen-bond donors (Lipinski definition) is 2. The molecule has 0 aliphatic heterocycles. The van der Waals surface area contributed by atoms with Gasteiger partial charge in [0.15, 0.2) is 0 Å². The summed E-state index contributed by atoms with van der Waals surface area (Å²) in [4.78, 5) is 11.0. The minimum Gasteiger partial charge on any atom is -0.478 e. The topological polar surface area (TPSA) is 49.3 Å². The van der Waals surface area contributed by atoms with E-state index < -0.39 is 5.97 Å². The summed E-state index contributed by atoms with van der Waals surface area (Å²) >= 11 is 5.82. The van der Waals surface area contributed by atoms with E-state index in [4.69, 9.17) is 16.7 Å². The van der Waals surface area contributed by atoms with Gasteiger partial charge in [-0.1, -0.05) is 29.8 Å². The van der Waals surface area contributed by atoms with E-state index in [0.29, 0.717) is 17.7 Å². The molecule has 0 bridgehead atoms. The van der Waals surface area contributed by atoms with Gasteiger partial charge in [-0.2, -0.15) is 0 Å². The summed E-state index contributed by atoms with van der Waals surface area (Å²) in [7, 11) is 0. The Morgan fingerprint density at radius 3 is 2.71 bits per heavy atom. The summed E-state index contributed by atoms with van der Waals surface area (Å²) in [5, 5.41) is 12.4. The fourth-order valence-corrected chi connectivity index (χ4v) is 2.31. The fourth-order valence-electron chi connectivity index (χ4n) is 2.11. The van der Waals surface area contributed by atoms with Crippen molar-refractivity contribution in [3.8, 4) is 0 Å². The lowest BCUT2D eigenvalue weighted by Crippen LogP contribution is -2.19. The molecule has 110 valence electrons. The second-order valence-corrected chi connectivity index (χ2v) is 5.25. The lowest BCUT2D eigenvalue weighted by molar-refractivity contribution is 0.0697. The van der Waals surface area contributed by atoms with Crippen molar-refractivity contribution < 1.29 is 14.3 Å². The number of halogens is 2. The molecule has 0 aromatic heterocycles. The van der Waals surface area contributed by atoms with E-state index >= 15 is 0 Å². The van der Waals surface area contributed by atoms with Crippen molar-refractivity contribution in [2.45, 2.75) is 19.4 Å². The van der Waals surface area contributed by atoms with Crippen LogP contribution in [0.1, 0.15) is 22.8 Å². The maximum absolute atomic E-state index is 13.6. The molecule has 2 aromatic carbocycles. The number of aromatic carboxylic acids is 1. The molecule has 3 nitrogen and oxygen atoms in total. The Bertz CT molecular complexity index is 660. The average molecular weight is 308 g/mol. The Morgan fingerprint density at radius 2 is 2.05 bits per heavy atom. The van der Waals surface area contributed by atoms with E-state index in [1.165, 1.54) is 18.2 Å². The molecule has 0 aliphatic carbocycles. The third-order valence-corrected chi connectivity index (χ3v) is 3.42. The zero-order chi connectivity index (χ0) is 15.4. The molecular weight excluding hydrogens is 293 g/mol. The molecule has 0 heterocycles.